The number of hydrogen-bond donors (Lipinski definition) is 1. The SMILES string of the molecule is CC1SCc2ncnc(N3CCN(C(=O)C4(c5cccc(Cl)c5)CCNCC4)CC3)c21.Cl.Cl. The molecule has 10 heteroatoms. The number of thioether (sulfide) groups is 1. The lowest BCUT2D eigenvalue weighted by molar-refractivity contribution is -0.139. The maximum absolute atomic E-state index is 13.9. The Balaban J connectivity index is 0.00000153. The van der Waals surface area contributed by atoms with Crippen LogP contribution in [0.1, 0.15) is 41.8 Å². The lowest BCUT2D eigenvalue weighted by Crippen LogP contribution is -2.57. The summed E-state index contributed by atoms with van der Waals surface area (Å²) < 4.78 is 0. The third-order valence-electron chi connectivity index (χ3n) is 6.93. The molecule has 0 radical (unpaired) electrons. The largest absolute Gasteiger partial charge is 0.353 e. The van der Waals surface area contributed by atoms with E-state index in [9.17, 15) is 4.79 Å². The molecule has 2 fully saturated rings. The fourth-order valence-electron chi connectivity index (χ4n) is 5.18. The Hall–Kier alpha value is -1.25. The molecule has 1 aromatic heterocycles. The van der Waals surface area contributed by atoms with E-state index in [1.54, 1.807) is 6.33 Å². The Kier molecular flexibility index (Phi) is 8.78. The average Bonchev–Trinajstić information content (AvgIpc) is 3.20. The first-order valence-electron chi connectivity index (χ1n) is 11.0. The summed E-state index contributed by atoms with van der Waals surface area (Å²) in [6.07, 6.45) is 3.30. The van der Waals surface area contributed by atoms with Crippen molar-refractivity contribution in [1.82, 2.24) is 20.2 Å². The number of carbonyl (C=O) groups is 1. The molecular formula is C23H30Cl3N5OS. The lowest BCUT2D eigenvalue weighted by Gasteiger charge is -2.43. The smallest absolute Gasteiger partial charge is 0.233 e. The van der Waals surface area contributed by atoms with Gasteiger partial charge in [-0.05, 0) is 50.6 Å². The number of halogens is 3. The second-order valence-corrected chi connectivity index (χ2v) is 10.4. The molecule has 0 aliphatic carbocycles. The van der Waals surface area contributed by atoms with Gasteiger partial charge < -0.3 is 15.1 Å². The fraction of sp³-hybridized carbons (Fsp3) is 0.522. The first kappa shape index (κ1) is 26.4. The highest BCUT2D eigenvalue weighted by Crippen LogP contribution is 2.44. The predicted molar refractivity (Wildman–Crippen MR) is 140 cm³/mol. The highest BCUT2D eigenvalue weighted by Gasteiger charge is 2.44. The van der Waals surface area contributed by atoms with E-state index in [1.165, 1.54) is 5.56 Å². The summed E-state index contributed by atoms with van der Waals surface area (Å²) in [6, 6.07) is 7.88. The summed E-state index contributed by atoms with van der Waals surface area (Å²) in [5, 5.41) is 4.53. The second kappa shape index (κ2) is 11.0. The predicted octanol–water partition coefficient (Wildman–Crippen LogP) is 4.25. The number of fused-ring (bicyclic) bond motifs is 1. The molecule has 0 bridgehead atoms. The molecule has 3 aliphatic heterocycles. The van der Waals surface area contributed by atoms with Gasteiger partial charge in [0.15, 0.2) is 0 Å². The molecule has 1 N–H and O–H groups in total. The number of benzene rings is 1. The molecule has 1 aromatic carbocycles. The van der Waals surface area contributed by atoms with Gasteiger partial charge in [-0.1, -0.05) is 23.7 Å². The Morgan fingerprint density at radius 3 is 2.58 bits per heavy atom. The van der Waals surface area contributed by atoms with Crippen molar-refractivity contribution in [2.75, 3.05) is 44.2 Å². The van der Waals surface area contributed by atoms with Crippen LogP contribution in [0.3, 0.4) is 0 Å². The molecule has 1 atom stereocenters. The van der Waals surface area contributed by atoms with Gasteiger partial charge in [0, 0.05) is 47.8 Å². The maximum atomic E-state index is 13.9. The van der Waals surface area contributed by atoms with E-state index in [0.29, 0.717) is 10.3 Å². The minimum Gasteiger partial charge on any atom is -0.353 e. The standard InChI is InChI=1S/C23H28ClN5OS.2ClH/c1-16-20-19(14-31-16)26-15-27-21(20)28-9-11-29(12-10-28)22(30)23(5-7-25-8-6-23)17-3-2-4-18(24)13-17;;/h2-4,13,15-16,25H,5-12,14H2,1H3;2*1H. The minimum absolute atomic E-state index is 0. The topological polar surface area (TPSA) is 61.4 Å². The number of amides is 1. The number of carbonyl (C=O) groups excluding carboxylic acids is 1. The molecule has 0 spiro atoms. The highest BCUT2D eigenvalue weighted by atomic mass is 35.5. The van der Waals surface area contributed by atoms with Crippen LogP contribution < -0.4 is 10.2 Å². The van der Waals surface area contributed by atoms with Gasteiger partial charge in [-0.15, -0.1) is 36.6 Å². The molecule has 33 heavy (non-hydrogen) atoms. The molecule has 0 saturated carbocycles. The monoisotopic (exact) mass is 529 g/mol. The highest BCUT2D eigenvalue weighted by molar-refractivity contribution is 7.99. The van der Waals surface area contributed by atoms with Gasteiger partial charge in [-0.3, -0.25) is 4.79 Å². The van der Waals surface area contributed by atoms with Gasteiger partial charge in [0.1, 0.15) is 12.1 Å². The summed E-state index contributed by atoms with van der Waals surface area (Å²) in [5.74, 6) is 2.26. The van der Waals surface area contributed by atoms with E-state index in [4.69, 9.17) is 11.6 Å². The van der Waals surface area contributed by atoms with Crippen LogP contribution in [-0.2, 0) is 16.0 Å². The molecule has 2 aromatic rings. The number of rotatable bonds is 3. The summed E-state index contributed by atoms with van der Waals surface area (Å²) >= 11 is 8.22. The van der Waals surface area contributed by atoms with Crippen LogP contribution in [0.2, 0.25) is 5.02 Å². The van der Waals surface area contributed by atoms with Crippen LogP contribution in [0.15, 0.2) is 30.6 Å². The van der Waals surface area contributed by atoms with Crippen molar-refractivity contribution in [3.8, 4) is 0 Å². The zero-order valence-corrected chi connectivity index (χ0v) is 21.8. The van der Waals surface area contributed by atoms with Crippen LogP contribution in [0, 0.1) is 0 Å². The number of piperazine rings is 1. The Bertz CT molecular complexity index is 980. The molecule has 1 unspecified atom stereocenters. The number of aromatic nitrogens is 2. The van der Waals surface area contributed by atoms with Gasteiger partial charge in [-0.2, -0.15) is 0 Å². The summed E-state index contributed by atoms with van der Waals surface area (Å²) in [5.41, 5.74) is 3.00. The van der Waals surface area contributed by atoms with E-state index in [-0.39, 0.29) is 30.7 Å². The van der Waals surface area contributed by atoms with Crippen molar-refractivity contribution in [1.29, 1.82) is 0 Å². The van der Waals surface area contributed by atoms with E-state index in [1.807, 2.05) is 30.0 Å². The number of piperidine rings is 1. The summed E-state index contributed by atoms with van der Waals surface area (Å²) in [6.45, 7) is 6.97. The van der Waals surface area contributed by atoms with Crippen LogP contribution in [0.4, 0.5) is 5.82 Å². The van der Waals surface area contributed by atoms with Gasteiger partial charge in [0.25, 0.3) is 0 Å². The Labute approximate surface area is 217 Å². The van der Waals surface area contributed by atoms with Gasteiger partial charge >= 0.3 is 0 Å². The van der Waals surface area contributed by atoms with Crippen LogP contribution in [-0.4, -0.2) is 60.0 Å². The first-order valence-corrected chi connectivity index (χ1v) is 12.5. The van der Waals surface area contributed by atoms with E-state index >= 15 is 0 Å². The van der Waals surface area contributed by atoms with Crippen molar-refractivity contribution >= 4 is 59.9 Å². The van der Waals surface area contributed by atoms with Gasteiger partial charge in [0.2, 0.25) is 5.91 Å². The van der Waals surface area contributed by atoms with E-state index in [0.717, 1.165) is 74.9 Å². The second-order valence-electron chi connectivity index (χ2n) is 8.63. The van der Waals surface area contributed by atoms with Crippen molar-refractivity contribution in [3.63, 3.8) is 0 Å². The van der Waals surface area contributed by atoms with Crippen molar-refractivity contribution in [3.05, 3.63) is 52.4 Å². The lowest BCUT2D eigenvalue weighted by atomic mass is 9.72. The molecule has 2 saturated heterocycles. The third kappa shape index (κ3) is 4.94. The van der Waals surface area contributed by atoms with Crippen LogP contribution in [0.5, 0.6) is 0 Å². The molecule has 6 nitrogen and oxygen atoms in total. The van der Waals surface area contributed by atoms with E-state index < -0.39 is 5.41 Å². The molecule has 1 amide bonds. The number of nitrogens with one attached hydrogen (secondary N) is 1. The molecule has 5 rings (SSSR count). The molecule has 4 heterocycles. The molecule has 3 aliphatic rings. The number of nitrogens with zero attached hydrogens (tertiary/aromatic N) is 4. The van der Waals surface area contributed by atoms with Crippen LogP contribution in [0.25, 0.3) is 0 Å². The Morgan fingerprint density at radius 2 is 1.88 bits per heavy atom. The third-order valence-corrected chi connectivity index (χ3v) is 8.34. The normalized spacial score (nSPS) is 21.6. The number of anilines is 1. The average molecular weight is 531 g/mol. The quantitative estimate of drug-likeness (QED) is 0.640. The maximum Gasteiger partial charge on any atom is 0.233 e. The zero-order valence-electron chi connectivity index (χ0n) is 18.6. The molecular weight excluding hydrogens is 501 g/mol. The number of hydrogen-bond acceptors (Lipinski definition) is 6. The van der Waals surface area contributed by atoms with Gasteiger partial charge in [-0.25, -0.2) is 9.97 Å². The summed E-state index contributed by atoms with van der Waals surface area (Å²) in [4.78, 5) is 27.4. The minimum atomic E-state index is -0.486. The fourth-order valence-corrected chi connectivity index (χ4v) is 6.42. The van der Waals surface area contributed by atoms with Crippen molar-refractivity contribution in [2.24, 2.45) is 0 Å². The molecule has 180 valence electrons. The van der Waals surface area contributed by atoms with Gasteiger partial charge in [0.05, 0.1) is 11.1 Å². The summed E-state index contributed by atoms with van der Waals surface area (Å²) in [7, 11) is 0. The zero-order chi connectivity index (χ0) is 21.4. The van der Waals surface area contributed by atoms with E-state index in [2.05, 4.69) is 38.1 Å². The first-order chi connectivity index (χ1) is 15.1. The van der Waals surface area contributed by atoms with Crippen LogP contribution >= 0.6 is 48.2 Å². The van der Waals surface area contributed by atoms with Crippen molar-refractivity contribution in [2.45, 2.75) is 36.2 Å². The Morgan fingerprint density at radius 1 is 1.15 bits per heavy atom. The van der Waals surface area contributed by atoms with Crippen molar-refractivity contribution < 1.29 is 4.79 Å².